The Hall–Kier alpha value is -2.13. The second-order valence-electron chi connectivity index (χ2n) is 4.08. The van der Waals surface area contributed by atoms with Crippen LogP contribution < -0.4 is 5.48 Å². The molecule has 0 saturated heterocycles. The van der Waals surface area contributed by atoms with Crippen molar-refractivity contribution in [1.82, 2.24) is 0 Å². The van der Waals surface area contributed by atoms with E-state index < -0.39 is 0 Å². The molecule has 0 spiro atoms. The van der Waals surface area contributed by atoms with Crippen LogP contribution in [0.5, 0.6) is 0 Å². The molecule has 0 aliphatic carbocycles. The minimum Gasteiger partial charge on any atom is -0.0835 e. The average molecular weight is 242 g/mol. The molecule has 0 heterocycles. The molecule has 3 nitrogen and oxygen atoms in total. The quantitative estimate of drug-likeness (QED) is 0.656. The monoisotopic (exact) mass is 242 g/mol. The second kappa shape index (κ2) is 5.98. The summed E-state index contributed by atoms with van der Waals surface area (Å²) in [6.07, 6.45) is 0. The summed E-state index contributed by atoms with van der Waals surface area (Å²) < 4.78 is 0. The van der Waals surface area contributed by atoms with E-state index in [1.165, 1.54) is 0 Å². The van der Waals surface area contributed by atoms with Gasteiger partial charge in [0.1, 0.15) is 5.56 Å². The third kappa shape index (κ3) is 3.18. The van der Waals surface area contributed by atoms with Gasteiger partial charge in [0, 0.05) is 5.56 Å². The van der Waals surface area contributed by atoms with Gasteiger partial charge in [-0.25, -0.2) is 0 Å². The Morgan fingerprint density at radius 2 is 1.72 bits per heavy atom. The maximum Gasteiger partial charge on any atom is 0.670 e. The van der Waals surface area contributed by atoms with Crippen molar-refractivity contribution in [2.75, 3.05) is 0 Å². The van der Waals surface area contributed by atoms with Gasteiger partial charge < -0.3 is 0 Å². The highest BCUT2D eigenvalue weighted by Gasteiger charge is 2.26. The van der Waals surface area contributed by atoms with Crippen LogP contribution in [0, 0.1) is 6.92 Å². The van der Waals surface area contributed by atoms with E-state index in [0.29, 0.717) is 12.1 Å². The zero-order valence-electron chi connectivity index (χ0n) is 10.3. The fraction of sp³-hybridized carbons (Fsp3) is 0.133. The standard InChI is InChI=1S/C15H15NO2/c1-12-7-5-6-10-14(12)15(17)18-16-11-13-8-3-2-4-9-13/h2-10,16H,11H2,1H3/q+1/p+1. The summed E-state index contributed by atoms with van der Waals surface area (Å²) in [6.45, 7) is 2.52. The van der Waals surface area contributed by atoms with Crippen molar-refractivity contribution in [3.8, 4) is 0 Å². The number of rotatable bonds is 4. The molecule has 1 radical (unpaired) electrons. The molecule has 2 rings (SSSR count). The van der Waals surface area contributed by atoms with E-state index in [-0.39, 0.29) is 5.97 Å². The molecular weight excluding hydrogens is 226 g/mol. The highest BCUT2D eigenvalue weighted by Crippen LogP contribution is 2.07. The first kappa shape index (κ1) is 12.3. The topological polar surface area (TPSA) is 45.7 Å². The highest BCUT2D eigenvalue weighted by molar-refractivity contribution is 5.90. The van der Waals surface area contributed by atoms with Crippen LogP contribution in [0.4, 0.5) is 0 Å². The van der Waals surface area contributed by atoms with Crippen LogP contribution in [0.3, 0.4) is 0 Å². The molecule has 0 saturated carbocycles. The molecule has 2 N–H and O–H groups in total. The predicted octanol–water partition coefficient (Wildman–Crippen LogP) is 1.83. The van der Waals surface area contributed by atoms with Crippen molar-refractivity contribution in [1.29, 1.82) is 0 Å². The van der Waals surface area contributed by atoms with Gasteiger partial charge in [-0.15, -0.1) is 0 Å². The number of aryl methyl sites for hydroxylation is 1. The Labute approximate surface area is 106 Å². The molecule has 0 unspecified atom stereocenters. The SMILES string of the molecule is Cc1ccccc1C(=[O+])O[NH2+]Cc1ccccc1. The van der Waals surface area contributed by atoms with Crippen molar-refractivity contribution >= 4 is 5.97 Å². The van der Waals surface area contributed by atoms with Crippen molar-refractivity contribution in [2.45, 2.75) is 13.5 Å². The maximum absolute atomic E-state index is 11.8. The number of quaternary nitrogens is 1. The summed E-state index contributed by atoms with van der Waals surface area (Å²) in [5, 5.41) is 0. The van der Waals surface area contributed by atoms with Crippen molar-refractivity contribution < 1.29 is 15.1 Å². The number of hydrogen-bond donors (Lipinski definition) is 1. The molecule has 0 aliphatic rings. The smallest absolute Gasteiger partial charge is 0.0835 e. The molecule has 0 fully saturated rings. The normalized spacial score (nSPS) is 10.1. The molecule has 0 aromatic heterocycles. The largest absolute Gasteiger partial charge is 0.670 e. The van der Waals surface area contributed by atoms with Crippen LogP contribution in [0.2, 0.25) is 0 Å². The number of hydrogen-bond acceptors (Lipinski definition) is 2. The summed E-state index contributed by atoms with van der Waals surface area (Å²) in [7, 11) is 0. The van der Waals surface area contributed by atoms with E-state index in [2.05, 4.69) is 0 Å². The van der Waals surface area contributed by atoms with E-state index in [1.807, 2.05) is 55.5 Å². The Balaban J connectivity index is 1.88. The van der Waals surface area contributed by atoms with Crippen LogP contribution in [0.25, 0.3) is 0 Å². The first-order valence-corrected chi connectivity index (χ1v) is 5.89. The summed E-state index contributed by atoms with van der Waals surface area (Å²) >= 11 is 0. The number of nitrogens with two attached hydrogens (primary N) is 1. The molecule has 3 heteroatoms. The van der Waals surface area contributed by atoms with Gasteiger partial charge in [0.25, 0.3) is 0 Å². The fourth-order valence-corrected chi connectivity index (χ4v) is 1.69. The maximum atomic E-state index is 11.8. The lowest BCUT2D eigenvalue weighted by molar-refractivity contribution is -0.883. The zero-order valence-corrected chi connectivity index (χ0v) is 10.3. The van der Waals surface area contributed by atoms with E-state index in [0.717, 1.165) is 11.1 Å². The van der Waals surface area contributed by atoms with Crippen molar-refractivity contribution in [3.05, 3.63) is 71.3 Å². The fourth-order valence-electron chi connectivity index (χ4n) is 1.69. The molecule has 0 atom stereocenters. The van der Waals surface area contributed by atoms with Gasteiger partial charge in [0.15, 0.2) is 6.54 Å². The third-order valence-electron chi connectivity index (χ3n) is 2.72. The summed E-state index contributed by atoms with van der Waals surface area (Å²) in [6, 6.07) is 17.3. The van der Waals surface area contributed by atoms with Gasteiger partial charge in [0.2, 0.25) is 0 Å². The third-order valence-corrected chi connectivity index (χ3v) is 2.72. The predicted molar refractivity (Wildman–Crippen MR) is 68.7 cm³/mol. The Morgan fingerprint density at radius 1 is 1.06 bits per heavy atom. The van der Waals surface area contributed by atoms with Crippen LogP contribution >= 0.6 is 0 Å². The number of benzene rings is 2. The summed E-state index contributed by atoms with van der Waals surface area (Å²) in [4.78, 5) is 17.0. The van der Waals surface area contributed by atoms with E-state index >= 15 is 0 Å². The minimum absolute atomic E-state index is 0.302. The lowest BCUT2D eigenvalue weighted by Gasteiger charge is -1.96. The lowest BCUT2D eigenvalue weighted by atomic mass is 10.1. The van der Waals surface area contributed by atoms with Gasteiger partial charge in [-0.3, -0.25) is 0 Å². The van der Waals surface area contributed by atoms with Gasteiger partial charge in [-0.05, 0) is 18.6 Å². The highest BCUT2D eigenvalue weighted by atomic mass is 16.7. The lowest BCUT2D eigenvalue weighted by Crippen LogP contribution is -2.82. The van der Waals surface area contributed by atoms with Crippen molar-refractivity contribution in [2.24, 2.45) is 0 Å². The molecule has 18 heavy (non-hydrogen) atoms. The average Bonchev–Trinajstić information content (AvgIpc) is 2.40. The number of carbonyl (C=O) groups excluding carboxylic acids is 1. The van der Waals surface area contributed by atoms with Crippen LogP contribution in [0.1, 0.15) is 21.5 Å². The van der Waals surface area contributed by atoms with Gasteiger partial charge in [-0.1, -0.05) is 58.8 Å². The summed E-state index contributed by atoms with van der Waals surface area (Å²) in [5.41, 5.74) is 4.21. The first-order chi connectivity index (χ1) is 8.77. The molecule has 0 amide bonds. The van der Waals surface area contributed by atoms with Gasteiger partial charge in [0.05, 0.1) is 4.79 Å². The molecule has 0 aliphatic heterocycles. The van der Waals surface area contributed by atoms with Gasteiger partial charge in [-0.2, -0.15) is 0 Å². The Morgan fingerprint density at radius 3 is 2.44 bits per heavy atom. The molecule has 2 aromatic carbocycles. The molecule has 91 valence electrons. The minimum atomic E-state index is -0.302. The number of hydroxylamine groups is 1. The van der Waals surface area contributed by atoms with Crippen LogP contribution in [-0.4, -0.2) is 5.97 Å². The van der Waals surface area contributed by atoms with Gasteiger partial charge >= 0.3 is 5.97 Å². The van der Waals surface area contributed by atoms with E-state index in [4.69, 9.17) is 4.84 Å². The molecular formula is C15H16NO2+2. The first-order valence-electron chi connectivity index (χ1n) is 5.89. The van der Waals surface area contributed by atoms with E-state index in [9.17, 15) is 4.79 Å². The second-order valence-corrected chi connectivity index (χ2v) is 4.08. The van der Waals surface area contributed by atoms with Crippen molar-refractivity contribution in [3.63, 3.8) is 0 Å². The zero-order chi connectivity index (χ0) is 12.8. The number of carbonyl (C=O) groups is 1. The van der Waals surface area contributed by atoms with Crippen LogP contribution in [0.15, 0.2) is 54.6 Å². The Kier molecular flexibility index (Phi) is 4.10. The molecule has 2 aromatic rings. The Bertz CT molecular complexity index is 523. The summed E-state index contributed by atoms with van der Waals surface area (Å²) in [5.74, 6) is -0.302. The molecule has 0 bridgehead atoms. The van der Waals surface area contributed by atoms with Crippen LogP contribution in [-0.2, 0) is 11.4 Å². The van der Waals surface area contributed by atoms with E-state index in [1.54, 1.807) is 11.5 Å².